The fourth-order valence-electron chi connectivity index (χ4n) is 14.9. The molecule has 92 heavy (non-hydrogen) atoms. The Bertz CT molecular complexity index is 5630. The normalized spacial score (nSPS) is 13.4. The number of nitrogens with zero attached hydrogens (tertiary/aromatic N) is 8. The van der Waals surface area contributed by atoms with Crippen LogP contribution in [0.15, 0.2) is 279 Å². The number of hydrogen-bond donors (Lipinski definition) is 0. The highest BCUT2D eigenvalue weighted by Crippen LogP contribution is 2.55. The molecule has 0 saturated carbocycles. The van der Waals surface area contributed by atoms with Crippen LogP contribution in [0.1, 0.15) is 49.9 Å². The predicted molar refractivity (Wildman–Crippen MR) is 375 cm³/mol. The standard InChI is InChI=1S/C84H58N8/c1-83(2)68-37-17-14-33-61(68)64-47-65-62-34-15-18-39-72(62)91(74(65)49-70(64)83)58-43-41-54(42-44-58)80-86-79(53-27-12-7-13-28-53)87-81(90-80)56-30-20-29-55(45-56)60-36-22-38-69-76(60)67-48-66-63-35-16-19-40-73(63)92(75(66)50-71(67)84(69,3)4)59-32-21-31-57(46-59)82-88-77(51-23-8-5-9-24-51)85-78(89-82)52-25-10-6-11-26-52/h5-50H,1-4H3. The summed E-state index contributed by atoms with van der Waals surface area (Å²) in [6.07, 6.45) is 0. The molecule has 8 heteroatoms. The van der Waals surface area contributed by atoms with Crippen LogP contribution in [0.3, 0.4) is 0 Å². The zero-order valence-electron chi connectivity index (χ0n) is 51.1. The van der Waals surface area contributed by atoms with Crippen molar-refractivity contribution < 1.29 is 0 Å². The highest BCUT2D eigenvalue weighted by Gasteiger charge is 2.39. The van der Waals surface area contributed by atoms with Gasteiger partial charge >= 0.3 is 0 Å². The maximum absolute atomic E-state index is 5.34. The van der Waals surface area contributed by atoms with Gasteiger partial charge < -0.3 is 9.13 Å². The van der Waals surface area contributed by atoms with Gasteiger partial charge in [0, 0.05) is 77.1 Å². The molecule has 0 radical (unpaired) electrons. The number of para-hydroxylation sites is 2. The van der Waals surface area contributed by atoms with Crippen molar-refractivity contribution in [2.75, 3.05) is 0 Å². The topological polar surface area (TPSA) is 87.2 Å². The van der Waals surface area contributed by atoms with E-state index in [0.29, 0.717) is 34.9 Å². The van der Waals surface area contributed by atoms with Gasteiger partial charge in [-0.05, 0) is 134 Å². The number of aromatic nitrogens is 8. The summed E-state index contributed by atoms with van der Waals surface area (Å²) in [4.78, 5) is 31.0. The smallest absolute Gasteiger partial charge is 0.164 e. The van der Waals surface area contributed by atoms with Crippen LogP contribution in [0.25, 0.3) is 157 Å². The molecule has 16 aromatic rings. The van der Waals surface area contributed by atoms with Crippen LogP contribution in [0.5, 0.6) is 0 Å². The van der Waals surface area contributed by atoms with Crippen molar-refractivity contribution in [1.29, 1.82) is 0 Å². The minimum absolute atomic E-state index is 0.127. The zero-order chi connectivity index (χ0) is 61.4. The second-order valence-electron chi connectivity index (χ2n) is 25.4. The van der Waals surface area contributed by atoms with Gasteiger partial charge in [-0.1, -0.05) is 228 Å². The summed E-state index contributed by atoms with van der Waals surface area (Å²) >= 11 is 0. The lowest BCUT2D eigenvalue weighted by Crippen LogP contribution is -2.15. The van der Waals surface area contributed by atoms with Crippen molar-refractivity contribution in [3.05, 3.63) is 301 Å². The van der Waals surface area contributed by atoms with Crippen molar-refractivity contribution >= 4 is 43.6 Å². The Morgan fingerprint density at radius 3 is 1.20 bits per heavy atom. The molecule has 0 N–H and O–H groups in total. The molecule has 0 spiro atoms. The number of fused-ring (bicyclic) bond motifs is 12. The number of benzene rings is 12. The Labute approximate surface area is 532 Å². The molecule has 4 heterocycles. The van der Waals surface area contributed by atoms with Crippen LogP contribution in [0.2, 0.25) is 0 Å². The molecule has 4 aromatic heterocycles. The quantitative estimate of drug-likeness (QED) is 0.143. The Hall–Kier alpha value is -11.7. The van der Waals surface area contributed by atoms with Gasteiger partial charge in [0.15, 0.2) is 34.9 Å². The molecule has 0 amide bonds. The van der Waals surface area contributed by atoms with Gasteiger partial charge in [0.05, 0.1) is 22.1 Å². The lowest BCUT2D eigenvalue weighted by Gasteiger charge is -2.22. The molecule has 0 fully saturated rings. The third-order valence-electron chi connectivity index (χ3n) is 19.4. The van der Waals surface area contributed by atoms with Crippen molar-refractivity contribution in [3.8, 4) is 113 Å². The first-order valence-corrected chi connectivity index (χ1v) is 31.5. The van der Waals surface area contributed by atoms with Crippen LogP contribution in [0, 0.1) is 0 Å². The minimum Gasteiger partial charge on any atom is -0.309 e. The average Bonchev–Trinajstić information content (AvgIpc) is 1.55. The highest BCUT2D eigenvalue weighted by molar-refractivity contribution is 6.13. The van der Waals surface area contributed by atoms with Crippen LogP contribution in [0.4, 0.5) is 0 Å². The molecule has 0 atom stereocenters. The SMILES string of the molecule is CC1(C)c2ccccc2-c2cc3c4ccccc4n(-c4ccc(-c5nc(-c6ccccc6)nc(-c6cccc(-c7cccc8c7-c7cc9c%10ccccc%10n(-c%10cccc(-c%11nc(-c%12ccccc%12)nc(-c%12ccccc%12)n%11)c%10)c9cc7C8(C)C)c6)n5)cc4)c3cc21. The molecule has 8 nitrogen and oxygen atoms in total. The van der Waals surface area contributed by atoms with Gasteiger partial charge in [-0.15, -0.1) is 0 Å². The van der Waals surface area contributed by atoms with E-state index in [0.717, 1.165) is 66.9 Å². The third-order valence-corrected chi connectivity index (χ3v) is 19.4. The summed E-state index contributed by atoms with van der Waals surface area (Å²) in [5.41, 5.74) is 24.4. The van der Waals surface area contributed by atoms with Gasteiger partial charge in [0.2, 0.25) is 0 Å². The van der Waals surface area contributed by atoms with E-state index in [1.54, 1.807) is 0 Å². The summed E-state index contributed by atoms with van der Waals surface area (Å²) in [5, 5.41) is 4.84. The van der Waals surface area contributed by atoms with E-state index in [1.807, 2.05) is 78.9 Å². The van der Waals surface area contributed by atoms with Crippen molar-refractivity contribution in [3.63, 3.8) is 0 Å². The van der Waals surface area contributed by atoms with Gasteiger partial charge in [-0.2, -0.15) is 0 Å². The molecule has 18 rings (SSSR count). The molecular formula is C84H58N8. The number of hydrogen-bond acceptors (Lipinski definition) is 6. The lowest BCUT2D eigenvalue weighted by atomic mass is 9.81. The van der Waals surface area contributed by atoms with Crippen LogP contribution in [-0.2, 0) is 10.8 Å². The highest BCUT2D eigenvalue weighted by atomic mass is 15.1. The Balaban J connectivity index is 0.729. The molecule has 0 bridgehead atoms. The van der Waals surface area contributed by atoms with Gasteiger partial charge in [-0.3, -0.25) is 0 Å². The summed E-state index contributed by atoms with van der Waals surface area (Å²) in [7, 11) is 0. The molecule has 0 aliphatic heterocycles. The van der Waals surface area contributed by atoms with Crippen molar-refractivity contribution in [2.45, 2.75) is 38.5 Å². The second-order valence-corrected chi connectivity index (χ2v) is 25.4. The van der Waals surface area contributed by atoms with E-state index in [9.17, 15) is 0 Å². The molecule has 0 saturated heterocycles. The second kappa shape index (κ2) is 20.4. The average molecular weight is 1180 g/mol. The maximum atomic E-state index is 5.34. The minimum atomic E-state index is -0.323. The largest absolute Gasteiger partial charge is 0.309 e. The van der Waals surface area contributed by atoms with Gasteiger partial charge in [-0.25, -0.2) is 29.9 Å². The molecule has 434 valence electrons. The summed E-state index contributed by atoms with van der Waals surface area (Å²) in [6.45, 7) is 9.43. The van der Waals surface area contributed by atoms with E-state index in [4.69, 9.17) is 29.9 Å². The van der Waals surface area contributed by atoms with E-state index in [2.05, 4.69) is 237 Å². The Morgan fingerprint density at radius 1 is 0.228 bits per heavy atom. The van der Waals surface area contributed by atoms with Crippen LogP contribution >= 0.6 is 0 Å². The van der Waals surface area contributed by atoms with E-state index < -0.39 is 0 Å². The number of rotatable bonds is 9. The first kappa shape index (κ1) is 53.3. The Morgan fingerprint density at radius 2 is 0.620 bits per heavy atom. The summed E-state index contributed by atoms with van der Waals surface area (Å²) < 4.78 is 4.82. The molecule has 0 unspecified atom stereocenters. The van der Waals surface area contributed by atoms with E-state index in [-0.39, 0.29) is 10.8 Å². The zero-order valence-corrected chi connectivity index (χ0v) is 51.1. The predicted octanol–water partition coefficient (Wildman–Crippen LogP) is 20.5. The third kappa shape index (κ3) is 8.30. The fourth-order valence-corrected chi connectivity index (χ4v) is 14.9. The van der Waals surface area contributed by atoms with E-state index in [1.165, 1.54) is 77.1 Å². The molecule has 2 aliphatic carbocycles. The lowest BCUT2D eigenvalue weighted by molar-refractivity contribution is 0.661. The van der Waals surface area contributed by atoms with Crippen molar-refractivity contribution in [2.24, 2.45) is 0 Å². The maximum Gasteiger partial charge on any atom is 0.164 e. The van der Waals surface area contributed by atoms with E-state index >= 15 is 0 Å². The summed E-state index contributed by atoms with van der Waals surface area (Å²) in [6, 6.07) is 99.6. The van der Waals surface area contributed by atoms with Crippen LogP contribution < -0.4 is 0 Å². The molecular weight excluding hydrogens is 1120 g/mol. The van der Waals surface area contributed by atoms with Gasteiger partial charge in [0.25, 0.3) is 0 Å². The van der Waals surface area contributed by atoms with Crippen LogP contribution in [-0.4, -0.2) is 39.0 Å². The first-order chi connectivity index (χ1) is 45.1. The monoisotopic (exact) mass is 1180 g/mol. The fraction of sp³-hybridized carbons (Fsp3) is 0.0714. The van der Waals surface area contributed by atoms with Crippen molar-refractivity contribution in [1.82, 2.24) is 39.0 Å². The molecule has 2 aliphatic rings. The molecule has 12 aromatic carbocycles. The Kier molecular flexibility index (Phi) is 11.8. The van der Waals surface area contributed by atoms with Gasteiger partial charge in [0.1, 0.15) is 0 Å². The summed E-state index contributed by atoms with van der Waals surface area (Å²) in [5.74, 6) is 3.71. The first-order valence-electron chi connectivity index (χ1n) is 31.5.